The van der Waals surface area contributed by atoms with Gasteiger partial charge in [-0.2, -0.15) is 0 Å². The summed E-state index contributed by atoms with van der Waals surface area (Å²) in [5.74, 6) is -3.87. The molecule has 2 aliphatic rings. The molecular weight excluding hydrogens is 564 g/mol. The number of ketones is 2. The van der Waals surface area contributed by atoms with E-state index >= 15 is 0 Å². The average Bonchev–Trinajstić information content (AvgIpc) is 2.92. The summed E-state index contributed by atoms with van der Waals surface area (Å²) in [6.07, 6.45) is 6.02. The van der Waals surface area contributed by atoms with E-state index in [0.29, 0.717) is 37.4 Å². The largest absolute Gasteiger partial charge is 0.511 e. The zero-order chi connectivity index (χ0) is 33.2. The highest BCUT2D eigenvalue weighted by molar-refractivity contribution is 6.24. The van der Waals surface area contributed by atoms with Crippen LogP contribution in [-0.2, 0) is 28.7 Å². The van der Waals surface area contributed by atoms with Crippen LogP contribution in [0.15, 0.2) is 32.6 Å². The van der Waals surface area contributed by atoms with Crippen molar-refractivity contribution in [3.8, 4) is 0 Å². The van der Waals surface area contributed by atoms with Gasteiger partial charge in [-0.05, 0) is 36.5 Å². The number of hydrogen-bond donors (Lipinski definition) is 2. The van der Waals surface area contributed by atoms with E-state index in [1.807, 2.05) is 13.8 Å². The van der Waals surface area contributed by atoms with Crippen molar-refractivity contribution in [1.82, 2.24) is 0 Å². The topological polar surface area (TPSA) is 152 Å². The van der Waals surface area contributed by atoms with E-state index in [-0.39, 0.29) is 47.1 Å². The molecule has 0 aromatic heterocycles. The molecule has 0 heterocycles. The Balaban J connectivity index is 2.07. The van der Waals surface area contributed by atoms with Crippen LogP contribution in [0, 0.1) is 22.7 Å². The molecule has 0 spiro atoms. The molecule has 2 aliphatic carbocycles. The molecule has 10 heteroatoms. The lowest BCUT2D eigenvalue weighted by molar-refractivity contribution is -0.151. The Kier molecular flexibility index (Phi) is 13.5. The van der Waals surface area contributed by atoms with Crippen molar-refractivity contribution >= 4 is 34.9 Å². The Morgan fingerprint density at radius 2 is 1.05 bits per heavy atom. The highest BCUT2D eigenvalue weighted by atomic mass is 16.5. The predicted molar refractivity (Wildman–Crippen MR) is 170 cm³/mol. The number of esters is 2. The van der Waals surface area contributed by atoms with Crippen LogP contribution in [-0.4, -0.2) is 72.5 Å². The molecule has 0 aromatic rings. The van der Waals surface area contributed by atoms with E-state index in [9.17, 15) is 29.4 Å². The van der Waals surface area contributed by atoms with Gasteiger partial charge in [0, 0.05) is 37.4 Å². The van der Waals surface area contributed by atoms with Crippen LogP contribution in [0.1, 0.15) is 106 Å². The number of carbonyl (C=O) groups is 4. The van der Waals surface area contributed by atoms with Gasteiger partial charge in [0.25, 0.3) is 0 Å². The van der Waals surface area contributed by atoms with E-state index in [0.717, 1.165) is 38.5 Å². The molecule has 246 valence electrons. The van der Waals surface area contributed by atoms with E-state index in [2.05, 4.69) is 9.98 Å². The Bertz CT molecular complexity index is 1130. The third kappa shape index (κ3) is 8.66. The fraction of sp³-hybridized carbons (Fsp3) is 0.706. The van der Waals surface area contributed by atoms with Crippen molar-refractivity contribution in [2.45, 2.75) is 106 Å². The molecule has 0 aliphatic heterocycles. The number of methoxy groups -OCH3 is 2. The smallest absolute Gasteiger partial charge is 0.316 e. The highest BCUT2D eigenvalue weighted by Gasteiger charge is 2.48. The summed E-state index contributed by atoms with van der Waals surface area (Å²) in [5.41, 5.74) is -0.126. The van der Waals surface area contributed by atoms with Crippen molar-refractivity contribution in [3.05, 3.63) is 22.7 Å². The molecule has 0 fully saturated rings. The second-order valence-electron chi connectivity index (χ2n) is 13.2. The quantitative estimate of drug-likeness (QED) is 0.125. The number of Topliss-reactive ketones (excluding diaryl/α,β-unsaturated/α-hetero) is 2. The normalized spacial score (nSPS) is 22.4. The molecule has 2 unspecified atom stereocenters. The summed E-state index contributed by atoms with van der Waals surface area (Å²) in [6, 6.07) is 0. The molecular formula is C34H52N2O8. The first kappa shape index (κ1) is 36.9. The summed E-state index contributed by atoms with van der Waals surface area (Å²) in [7, 11) is 2.55. The number of hydrogen-bond acceptors (Lipinski definition) is 10. The van der Waals surface area contributed by atoms with Gasteiger partial charge in [0.1, 0.15) is 23.4 Å². The predicted octanol–water partition coefficient (Wildman–Crippen LogP) is 6.23. The van der Waals surface area contributed by atoms with Crippen LogP contribution in [0.4, 0.5) is 0 Å². The van der Waals surface area contributed by atoms with Crippen molar-refractivity contribution in [2.75, 3.05) is 27.3 Å². The Morgan fingerprint density at radius 3 is 1.34 bits per heavy atom. The fourth-order valence-corrected chi connectivity index (χ4v) is 6.28. The summed E-state index contributed by atoms with van der Waals surface area (Å²) < 4.78 is 9.84. The van der Waals surface area contributed by atoms with Crippen LogP contribution in [0.2, 0.25) is 0 Å². The first-order valence-electron chi connectivity index (χ1n) is 15.8. The maximum Gasteiger partial charge on any atom is 0.316 e. The van der Waals surface area contributed by atoms with Crippen molar-refractivity contribution < 1.29 is 38.9 Å². The van der Waals surface area contributed by atoms with E-state index < -0.39 is 34.6 Å². The molecule has 0 radical (unpaired) electrons. The number of aliphatic hydroxyl groups excluding tert-OH is 2. The Labute approximate surface area is 262 Å². The van der Waals surface area contributed by atoms with Crippen molar-refractivity contribution in [1.29, 1.82) is 0 Å². The SMILES string of the molecule is CCCC(=NCCCCCCN=C(CCC)C1=C(O)C(C(=O)OC)C(C)(C)CC1=O)C1=C(O)C(C(=O)OC)C(C)(C)CC1=O. The van der Waals surface area contributed by atoms with Crippen LogP contribution in [0.3, 0.4) is 0 Å². The fourth-order valence-electron chi connectivity index (χ4n) is 6.28. The van der Waals surface area contributed by atoms with Gasteiger partial charge in [-0.3, -0.25) is 29.2 Å². The van der Waals surface area contributed by atoms with Gasteiger partial charge in [-0.1, -0.05) is 67.2 Å². The summed E-state index contributed by atoms with van der Waals surface area (Å²) >= 11 is 0. The lowest BCUT2D eigenvalue weighted by atomic mass is 9.67. The number of nitrogens with zero attached hydrogens (tertiary/aromatic N) is 2. The minimum Gasteiger partial charge on any atom is -0.511 e. The standard InChI is InChI=1S/C34H52N2O8/c1-9-15-21(25-23(37)19-33(3,4)27(29(25)39)31(41)43-7)35-17-13-11-12-14-18-36-22(16-10-2)26-24(38)20-34(5,6)28(30(26)40)32(42)44-8/h27-28,39-40H,9-20H2,1-8H3. The van der Waals surface area contributed by atoms with Gasteiger partial charge in [0.2, 0.25) is 0 Å². The summed E-state index contributed by atoms with van der Waals surface area (Å²) in [4.78, 5) is 60.4. The third-order valence-corrected chi connectivity index (χ3v) is 8.51. The first-order valence-corrected chi connectivity index (χ1v) is 15.8. The minimum atomic E-state index is -0.917. The Morgan fingerprint density at radius 1 is 0.705 bits per heavy atom. The number of rotatable bonds is 15. The van der Waals surface area contributed by atoms with Crippen molar-refractivity contribution in [2.24, 2.45) is 32.7 Å². The maximum atomic E-state index is 13.0. The molecule has 0 saturated heterocycles. The molecule has 10 nitrogen and oxygen atoms in total. The van der Waals surface area contributed by atoms with Gasteiger partial charge < -0.3 is 19.7 Å². The van der Waals surface area contributed by atoms with E-state index in [1.165, 1.54) is 14.2 Å². The number of ether oxygens (including phenoxy) is 2. The lowest BCUT2D eigenvalue weighted by Gasteiger charge is -2.36. The second kappa shape index (κ2) is 16.1. The molecule has 0 aromatic carbocycles. The van der Waals surface area contributed by atoms with Crippen LogP contribution < -0.4 is 0 Å². The maximum absolute atomic E-state index is 13.0. The lowest BCUT2D eigenvalue weighted by Crippen LogP contribution is -2.41. The van der Waals surface area contributed by atoms with Crippen LogP contribution >= 0.6 is 0 Å². The summed E-state index contributed by atoms with van der Waals surface area (Å²) in [6.45, 7) is 12.0. The van der Waals surface area contributed by atoms with E-state index in [4.69, 9.17) is 9.47 Å². The van der Waals surface area contributed by atoms with Crippen molar-refractivity contribution in [3.63, 3.8) is 0 Å². The van der Waals surface area contributed by atoms with Gasteiger partial charge in [-0.25, -0.2) is 0 Å². The molecule has 0 saturated carbocycles. The van der Waals surface area contributed by atoms with E-state index in [1.54, 1.807) is 27.7 Å². The monoisotopic (exact) mass is 616 g/mol. The number of carbonyl (C=O) groups excluding carboxylic acids is 4. The molecule has 0 amide bonds. The molecule has 2 N–H and O–H groups in total. The number of aliphatic hydroxyl groups is 2. The van der Waals surface area contributed by atoms with Gasteiger partial charge >= 0.3 is 11.9 Å². The molecule has 0 bridgehead atoms. The van der Waals surface area contributed by atoms with Crippen LogP contribution in [0.25, 0.3) is 0 Å². The zero-order valence-electron chi connectivity index (χ0n) is 27.9. The van der Waals surface area contributed by atoms with Gasteiger partial charge in [0.15, 0.2) is 11.6 Å². The zero-order valence-corrected chi connectivity index (χ0v) is 27.9. The number of allylic oxidation sites excluding steroid dienone is 2. The average molecular weight is 617 g/mol. The first-order chi connectivity index (χ1) is 20.7. The second-order valence-corrected chi connectivity index (χ2v) is 13.2. The minimum absolute atomic E-state index is 0.122. The van der Waals surface area contributed by atoms with Crippen LogP contribution in [0.5, 0.6) is 0 Å². The molecule has 44 heavy (non-hydrogen) atoms. The molecule has 2 rings (SSSR count). The Hall–Kier alpha value is -3.30. The number of aliphatic imine (C=N–C) groups is 2. The number of unbranched alkanes of at least 4 members (excludes halogenated alkanes) is 3. The van der Waals surface area contributed by atoms with Gasteiger partial charge in [-0.15, -0.1) is 0 Å². The highest BCUT2D eigenvalue weighted by Crippen LogP contribution is 2.44. The van der Waals surface area contributed by atoms with Gasteiger partial charge in [0.05, 0.1) is 25.4 Å². The molecule has 2 atom stereocenters. The summed E-state index contributed by atoms with van der Waals surface area (Å²) in [5, 5.41) is 22.0. The third-order valence-electron chi connectivity index (χ3n) is 8.51.